The van der Waals surface area contributed by atoms with Gasteiger partial charge in [0.15, 0.2) is 0 Å². The highest BCUT2D eigenvalue weighted by Gasteiger charge is 2.34. The van der Waals surface area contributed by atoms with Crippen molar-refractivity contribution in [2.45, 2.75) is 13.0 Å². The van der Waals surface area contributed by atoms with E-state index in [0.717, 1.165) is 0 Å². The van der Waals surface area contributed by atoms with E-state index in [2.05, 4.69) is 5.32 Å². The van der Waals surface area contributed by atoms with E-state index in [9.17, 15) is 9.59 Å². The summed E-state index contributed by atoms with van der Waals surface area (Å²) in [6.07, 6.45) is 0. The molecule has 12 heavy (non-hydrogen) atoms. The number of ether oxygens (including phenoxy) is 1. The van der Waals surface area contributed by atoms with Crippen LogP contribution in [0.5, 0.6) is 0 Å². The minimum atomic E-state index is -1.00. The first-order valence-corrected chi connectivity index (χ1v) is 3.69. The Kier molecular flexibility index (Phi) is 2.65. The molecule has 1 aliphatic rings. The van der Waals surface area contributed by atoms with Gasteiger partial charge >= 0.3 is 5.97 Å². The van der Waals surface area contributed by atoms with Crippen LogP contribution in [0.1, 0.15) is 6.92 Å². The van der Waals surface area contributed by atoms with E-state index in [1.165, 1.54) is 6.92 Å². The van der Waals surface area contributed by atoms with E-state index >= 15 is 0 Å². The van der Waals surface area contributed by atoms with Crippen molar-refractivity contribution in [3.05, 3.63) is 0 Å². The second kappa shape index (κ2) is 3.53. The number of hydrogen-bond donors (Lipinski definition) is 2. The average Bonchev–Trinajstić information content (AvgIpc) is 1.80. The van der Waals surface area contributed by atoms with Crippen LogP contribution >= 0.6 is 0 Å². The van der Waals surface area contributed by atoms with Gasteiger partial charge in [0.1, 0.15) is 6.04 Å². The SMILES string of the molecule is CC(=O)NC(C(=O)O)C1COC1. The van der Waals surface area contributed by atoms with Crippen LogP contribution in [-0.2, 0) is 14.3 Å². The van der Waals surface area contributed by atoms with Crippen molar-refractivity contribution in [2.24, 2.45) is 5.92 Å². The molecule has 1 saturated heterocycles. The molecule has 0 aromatic heterocycles. The Morgan fingerprint density at radius 3 is 2.42 bits per heavy atom. The third kappa shape index (κ3) is 1.94. The van der Waals surface area contributed by atoms with Crippen molar-refractivity contribution in [3.63, 3.8) is 0 Å². The summed E-state index contributed by atoms with van der Waals surface area (Å²) in [5, 5.41) is 11.1. The zero-order chi connectivity index (χ0) is 9.14. The molecule has 0 aromatic rings. The standard InChI is InChI=1S/C7H11NO4/c1-4(9)8-6(7(10)11)5-2-12-3-5/h5-6H,2-3H2,1H3,(H,8,9)(H,10,11). The highest BCUT2D eigenvalue weighted by Crippen LogP contribution is 2.14. The molecule has 0 bridgehead atoms. The van der Waals surface area contributed by atoms with Crippen molar-refractivity contribution >= 4 is 11.9 Å². The van der Waals surface area contributed by atoms with Crippen molar-refractivity contribution in [1.82, 2.24) is 5.32 Å². The normalized spacial score (nSPS) is 19.4. The van der Waals surface area contributed by atoms with Crippen LogP contribution < -0.4 is 5.32 Å². The van der Waals surface area contributed by atoms with Crippen molar-refractivity contribution in [3.8, 4) is 0 Å². The number of rotatable bonds is 3. The summed E-state index contributed by atoms with van der Waals surface area (Å²) in [5.74, 6) is -1.40. The van der Waals surface area contributed by atoms with Gasteiger partial charge in [-0.15, -0.1) is 0 Å². The molecule has 68 valence electrons. The molecule has 0 spiro atoms. The van der Waals surface area contributed by atoms with Crippen LogP contribution in [0, 0.1) is 5.92 Å². The molecule has 5 heteroatoms. The Bertz CT molecular complexity index is 200. The molecule has 1 aliphatic heterocycles. The number of aliphatic carboxylic acids is 1. The summed E-state index contributed by atoms with van der Waals surface area (Å²) in [5.41, 5.74) is 0. The van der Waals surface area contributed by atoms with Gasteiger partial charge in [-0.05, 0) is 0 Å². The molecule has 0 aromatic carbocycles. The fourth-order valence-corrected chi connectivity index (χ4v) is 1.05. The first kappa shape index (κ1) is 8.99. The average molecular weight is 173 g/mol. The van der Waals surface area contributed by atoms with Gasteiger partial charge in [0.05, 0.1) is 13.2 Å². The van der Waals surface area contributed by atoms with Crippen LogP contribution in [0.4, 0.5) is 0 Å². The van der Waals surface area contributed by atoms with E-state index in [4.69, 9.17) is 9.84 Å². The summed E-state index contributed by atoms with van der Waals surface area (Å²) < 4.78 is 4.83. The summed E-state index contributed by atoms with van der Waals surface area (Å²) >= 11 is 0. The molecular weight excluding hydrogens is 162 g/mol. The summed E-state index contributed by atoms with van der Waals surface area (Å²) in [6.45, 7) is 2.13. The van der Waals surface area contributed by atoms with E-state index in [0.29, 0.717) is 13.2 Å². The molecule has 1 unspecified atom stereocenters. The van der Waals surface area contributed by atoms with Gasteiger partial charge in [-0.2, -0.15) is 0 Å². The maximum absolute atomic E-state index is 10.6. The predicted molar refractivity (Wildman–Crippen MR) is 39.5 cm³/mol. The molecule has 0 aliphatic carbocycles. The Morgan fingerprint density at radius 2 is 2.17 bits per heavy atom. The Labute approximate surface area is 69.7 Å². The molecule has 1 fully saturated rings. The third-order valence-electron chi connectivity index (χ3n) is 1.76. The smallest absolute Gasteiger partial charge is 0.326 e. The number of amides is 1. The van der Waals surface area contributed by atoms with Gasteiger partial charge in [-0.1, -0.05) is 0 Å². The Balaban J connectivity index is 2.48. The van der Waals surface area contributed by atoms with Gasteiger partial charge in [-0.3, -0.25) is 4.79 Å². The number of carbonyl (C=O) groups is 2. The monoisotopic (exact) mass is 173 g/mol. The lowest BCUT2D eigenvalue weighted by atomic mass is 9.98. The number of carboxylic acid groups (broad SMARTS) is 1. The maximum atomic E-state index is 10.6. The predicted octanol–water partition coefficient (Wildman–Crippen LogP) is -0.778. The van der Waals surface area contributed by atoms with E-state index in [1.807, 2.05) is 0 Å². The second-order valence-corrected chi connectivity index (χ2v) is 2.81. The van der Waals surface area contributed by atoms with Gasteiger partial charge in [-0.25, -0.2) is 4.79 Å². The van der Waals surface area contributed by atoms with E-state index < -0.39 is 12.0 Å². The zero-order valence-corrected chi connectivity index (χ0v) is 6.74. The van der Waals surface area contributed by atoms with Gasteiger partial charge in [0, 0.05) is 12.8 Å². The molecule has 1 amide bonds. The van der Waals surface area contributed by atoms with Crippen LogP contribution in [-0.4, -0.2) is 36.2 Å². The summed E-state index contributed by atoms with van der Waals surface area (Å²) in [6, 6.07) is -0.795. The van der Waals surface area contributed by atoms with Gasteiger partial charge in [0.25, 0.3) is 0 Å². The van der Waals surface area contributed by atoms with Crippen molar-refractivity contribution in [1.29, 1.82) is 0 Å². The van der Waals surface area contributed by atoms with Crippen LogP contribution in [0.25, 0.3) is 0 Å². The molecule has 2 N–H and O–H groups in total. The minimum absolute atomic E-state index is 0.0774. The molecule has 5 nitrogen and oxygen atoms in total. The highest BCUT2D eigenvalue weighted by molar-refractivity contribution is 5.82. The lowest BCUT2D eigenvalue weighted by molar-refractivity contribution is -0.149. The minimum Gasteiger partial charge on any atom is -0.480 e. The summed E-state index contributed by atoms with van der Waals surface area (Å²) in [7, 11) is 0. The zero-order valence-electron chi connectivity index (χ0n) is 6.74. The van der Waals surface area contributed by atoms with E-state index in [-0.39, 0.29) is 11.8 Å². The molecule has 1 heterocycles. The molecule has 0 saturated carbocycles. The lowest BCUT2D eigenvalue weighted by Gasteiger charge is -2.31. The highest BCUT2D eigenvalue weighted by atomic mass is 16.5. The summed E-state index contributed by atoms with van der Waals surface area (Å²) in [4.78, 5) is 21.2. The molecule has 1 atom stereocenters. The van der Waals surface area contributed by atoms with E-state index in [1.54, 1.807) is 0 Å². The fraction of sp³-hybridized carbons (Fsp3) is 0.714. The number of carbonyl (C=O) groups excluding carboxylic acids is 1. The van der Waals surface area contributed by atoms with Gasteiger partial charge < -0.3 is 15.2 Å². The van der Waals surface area contributed by atoms with Crippen molar-refractivity contribution in [2.75, 3.05) is 13.2 Å². The molecule has 0 radical (unpaired) electrons. The topological polar surface area (TPSA) is 75.6 Å². The van der Waals surface area contributed by atoms with Crippen LogP contribution in [0.2, 0.25) is 0 Å². The second-order valence-electron chi connectivity index (χ2n) is 2.81. The maximum Gasteiger partial charge on any atom is 0.326 e. The number of nitrogens with one attached hydrogen (secondary N) is 1. The Morgan fingerprint density at radius 1 is 1.58 bits per heavy atom. The van der Waals surface area contributed by atoms with Gasteiger partial charge in [0.2, 0.25) is 5.91 Å². The Hall–Kier alpha value is -1.10. The first-order valence-electron chi connectivity index (χ1n) is 3.69. The largest absolute Gasteiger partial charge is 0.480 e. The third-order valence-corrected chi connectivity index (χ3v) is 1.76. The molecular formula is C7H11NO4. The first-order chi connectivity index (χ1) is 5.61. The lowest BCUT2D eigenvalue weighted by Crippen LogP contribution is -2.52. The van der Waals surface area contributed by atoms with Crippen molar-refractivity contribution < 1.29 is 19.4 Å². The number of hydrogen-bond acceptors (Lipinski definition) is 3. The van der Waals surface area contributed by atoms with Crippen LogP contribution in [0.15, 0.2) is 0 Å². The fourth-order valence-electron chi connectivity index (χ4n) is 1.05. The molecule has 1 rings (SSSR count). The van der Waals surface area contributed by atoms with Crippen LogP contribution in [0.3, 0.4) is 0 Å². The quantitative estimate of drug-likeness (QED) is 0.587. The number of carboxylic acids is 1.